The lowest BCUT2D eigenvalue weighted by Crippen LogP contribution is -1.94. The van der Waals surface area contributed by atoms with Gasteiger partial charge in [0.1, 0.15) is 11.3 Å². The number of fused-ring (bicyclic) bond motifs is 1. The van der Waals surface area contributed by atoms with Crippen molar-refractivity contribution in [2.24, 2.45) is 7.05 Å². The van der Waals surface area contributed by atoms with E-state index in [1.54, 1.807) is 24.2 Å². The van der Waals surface area contributed by atoms with Crippen LogP contribution in [-0.4, -0.2) is 24.7 Å². The third kappa shape index (κ3) is 2.35. The Hall–Kier alpha value is -1.47. The molecule has 0 bridgehead atoms. The molecule has 3 aromatic rings. The van der Waals surface area contributed by atoms with Gasteiger partial charge in [0.05, 0.1) is 5.52 Å². The number of aromatic nitrogens is 5. The molecule has 96 valence electrons. The van der Waals surface area contributed by atoms with Gasteiger partial charge in [0, 0.05) is 28.8 Å². The van der Waals surface area contributed by atoms with Gasteiger partial charge >= 0.3 is 0 Å². The molecule has 0 amide bonds. The predicted molar refractivity (Wildman–Crippen MR) is 77.1 cm³/mol. The van der Waals surface area contributed by atoms with Gasteiger partial charge in [0.2, 0.25) is 0 Å². The zero-order valence-corrected chi connectivity index (χ0v) is 12.7. The van der Waals surface area contributed by atoms with Gasteiger partial charge in [-0.2, -0.15) is 0 Å². The molecule has 0 aliphatic rings. The number of pyridine rings is 2. The van der Waals surface area contributed by atoms with Crippen molar-refractivity contribution in [2.75, 3.05) is 0 Å². The van der Waals surface area contributed by atoms with E-state index in [0.29, 0.717) is 0 Å². The predicted octanol–water partition coefficient (Wildman–Crippen LogP) is 2.98. The van der Waals surface area contributed by atoms with Gasteiger partial charge < -0.3 is 4.57 Å². The molecular formula is C12H10BrN5S. The molecule has 0 aliphatic carbocycles. The average molecular weight is 336 g/mol. The van der Waals surface area contributed by atoms with Crippen molar-refractivity contribution in [2.45, 2.75) is 17.0 Å². The quantitative estimate of drug-likeness (QED) is 0.720. The summed E-state index contributed by atoms with van der Waals surface area (Å²) in [6, 6.07) is 3.90. The van der Waals surface area contributed by atoms with Gasteiger partial charge in [-0.3, -0.25) is 9.97 Å². The molecule has 0 aromatic carbocycles. The molecule has 0 fully saturated rings. The number of nitrogens with zero attached hydrogens (tertiary/aromatic N) is 5. The first kappa shape index (κ1) is 12.6. The molecule has 0 atom stereocenters. The highest BCUT2D eigenvalue weighted by Crippen LogP contribution is 2.31. The molecule has 0 spiro atoms. The van der Waals surface area contributed by atoms with Crippen LogP contribution in [-0.2, 0) is 7.05 Å². The van der Waals surface area contributed by atoms with Gasteiger partial charge in [-0.1, -0.05) is 0 Å². The van der Waals surface area contributed by atoms with Gasteiger partial charge in [0.25, 0.3) is 0 Å². The largest absolute Gasteiger partial charge is 0.309 e. The van der Waals surface area contributed by atoms with Crippen molar-refractivity contribution >= 4 is 38.7 Å². The van der Waals surface area contributed by atoms with E-state index >= 15 is 0 Å². The molecule has 0 saturated heterocycles. The summed E-state index contributed by atoms with van der Waals surface area (Å²) in [6.45, 7) is 1.93. The maximum absolute atomic E-state index is 4.43. The third-order valence-electron chi connectivity index (χ3n) is 2.76. The topological polar surface area (TPSA) is 56.5 Å². The second-order valence-corrected chi connectivity index (χ2v) is 5.95. The molecule has 0 radical (unpaired) electrons. The molecule has 0 N–H and O–H groups in total. The van der Waals surface area contributed by atoms with Crippen LogP contribution in [0, 0.1) is 6.92 Å². The summed E-state index contributed by atoms with van der Waals surface area (Å²) in [5.74, 6) is 0.886. The van der Waals surface area contributed by atoms with E-state index in [4.69, 9.17) is 0 Å². The Balaban J connectivity index is 2.08. The molecule has 0 saturated carbocycles. The van der Waals surface area contributed by atoms with Crippen molar-refractivity contribution in [1.29, 1.82) is 0 Å². The molecule has 0 aliphatic heterocycles. The fourth-order valence-corrected chi connectivity index (χ4v) is 2.89. The van der Waals surface area contributed by atoms with E-state index in [2.05, 4.69) is 36.1 Å². The Kier molecular flexibility index (Phi) is 3.24. The molecule has 0 unspecified atom stereocenters. The lowest BCUT2D eigenvalue weighted by Gasteiger charge is -2.04. The van der Waals surface area contributed by atoms with Crippen LogP contribution in [0.4, 0.5) is 0 Å². The molecular weight excluding hydrogens is 326 g/mol. The lowest BCUT2D eigenvalue weighted by molar-refractivity contribution is 0.766. The van der Waals surface area contributed by atoms with Crippen molar-refractivity contribution < 1.29 is 0 Å². The Labute approximate surface area is 122 Å². The zero-order chi connectivity index (χ0) is 13.4. The summed E-state index contributed by atoms with van der Waals surface area (Å²) in [5.41, 5.74) is 1.73. The first-order valence-electron chi connectivity index (χ1n) is 5.59. The maximum atomic E-state index is 4.43. The first-order chi connectivity index (χ1) is 9.15. The van der Waals surface area contributed by atoms with Crippen LogP contribution in [0.2, 0.25) is 0 Å². The molecule has 5 nitrogen and oxygen atoms in total. The first-order valence-corrected chi connectivity index (χ1v) is 7.20. The van der Waals surface area contributed by atoms with Gasteiger partial charge in [-0.15, -0.1) is 10.2 Å². The van der Waals surface area contributed by atoms with E-state index in [0.717, 1.165) is 31.4 Å². The number of aryl methyl sites for hydroxylation is 1. The van der Waals surface area contributed by atoms with Gasteiger partial charge in [-0.05, 0) is 46.7 Å². The van der Waals surface area contributed by atoms with E-state index in [9.17, 15) is 0 Å². The Morgan fingerprint density at radius 3 is 2.84 bits per heavy atom. The third-order valence-corrected chi connectivity index (χ3v) is 4.28. The Morgan fingerprint density at radius 2 is 2.11 bits per heavy atom. The minimum absolute atomic E-state index is 0.842. The molecule has 3 aromatic heterocycles. The second-order valence-electron chi connectivity index (χ2n) is 4.02. The summed E-state index contributed by atoms with van der Waals surface area (Å²) >= 11 is 4.94. The fraction of sp³-hybridized carbons (Fsp3) is 0.167. The summed E-state index contributed by atoms with van der Waals surface area (Å²) in [4.78, 5) is 9.77. The molecule has 3 rings (SSSR count). The fourth-order valence-electron chi connectivity index (χ4n) is 1.64. The number of rotatable bonds is 2. The minimum Gasteiger partial charge on any atom is -0.309 e. The van der Waals surface area contributed by atoms with E-state index < -0.39 is 0 Å². The van der Waals surface area contributed by atoms with Crippen LogP contribution in [0.25, 0.3) is 11.0 Å². The van der Waals surface area contributed by atoms with Crippen LogP contribution >= 0.6 is 27.7 Å². The highest BCUT2D eigenvalue weighted by atomic mass is 79.9. The number of halogens is 1. The average Bonchev–Trinajstić information content (AvgIpc) is 2.71. The SMILES string of the molecule is Cc1nnc(Sc2ccnc3cc(Br)cnc23)n1C. The lowest BCUT2D eigenvalue weighted by atomic mass is 10.3. The van der Waals surface area contributed by atoms with Crippen molar-refractivity contribution in [3.05, 3.63) is 34.8 Å². The van der Waals surface area contributed by atoms with Crippen LogP contribution in [0.1, 0.15) is 5.82 Å². The monoisotopic (exact) mass is 335 g/mol. The Bertz CT molecular complexity index is 755. The van der Waals surface area contributed by atoms with E-state index in [1.807, 2.05) is 30.7 Å². The van der Waals surface area contributed by atoms with E-state index in [-0.39, 0.29) is 0 Å². The van der Waals surface area contributed by atoms with Gasteiger partial charge in [-0.25, -0.2) is 0 Å². The van der Waals surface area contributed by atoms with Crippen molar-refractivity contribution in [3.8, 4) is 0 Å². The standard InChI is InChI=1S/C12H10BrN5S/c1-7-16-17-12(18(7)2)19-10-3-4-14-9-5-8(13)6-15-11(9)10/h3-6H,1-2H3. The molecule has 7 heteroatoms. The molecule has 19 heavy (non-hydrogen) atoms. The summed E-state index contributed by atoms with van der Waals surface area (Å²) < 4.78 is 2.87. The number of hydrogen-bond donors (Lipinski definition) is 0. The summed E-state index contributed by atoms with van der Waals surface area (Å²) in [7, 11) is 1.95. The highest BCUT2D eigenvalue weighted by molar-refractivity contribution is 9.10. The Morgan fingerprint density at radius 1 is 1.26 bits per heavy atom. The minimum atomic E-state index is 0.842. The number of hydrogen-bond acceptors (Lipinski definition) is 5. The van der Waals surface area contributed by atoms with Crippen LogP contribution in [0.15, 0.2) is 39.1 Å². The van der Waals surface area contributed by atoms with Crippen LogP contribution in [0.5, 0.6) is 0 Å². The van der Waals surface area contributed by atoms with Gasteiger partial charge in [0.15, 0.2) is 5.16 Å². The summed E-state index contributed by atoms with van der Waals surface area (Å²) in [5, 5.41) is 9.05. The van der Waals surface area contributed by atoms with Crippen LogP contribution in [0.3, 0.4) is 0 Å². The highest BCUT2D eigenvalue weighted by Gasteiger charge is 2.10. The normalized spacial score (nSPS) is 11.1. The van der Waals surface area contributed by atoms with E-state index in [1.165, 1.54) is 0 Å². The molecule has 3 heterocycles. The van der Waals surface area contributed by atoms with Crippen LogP contribution < -0.4 is 0 Å². The van der Waals surface area contributed by atoms with Crippen molar-refractivity contribution in [3.63, 3.8) is 0 Å². The second kappa shape index (κ2) is 4.90. The zero-order valence-electron chi connectivity index (χ0n) is 10.3. The maximum Gasteiger partial charge on any atom is 0.195 e. The van der Waals surface area contributed by atoms with Crippen molar-refractivity contribution in [1.82, 2.24) is 24.7 Å². The smallest absolute Gasteiger partial charge is 0.195 e. The summed E-state index contributed by atoms with van der Waals surface area (Å²) in [6.07, 6.45) is 3.55.